The summed E-state index contributed by atoms with van der Waals surface area (Å²) in [6, 6.07) is 8.49. The second-order valence-electron chi connectivity index (χ2n) is 9.58. The molecule has 3 heterocycles. The van der Waals surface area contributed by atoms with Crippen LogP contribution in [0.4, 0.5) is 15.3 Å². The van der Waals surface area contributed by atoms with Gasteiger partial charge in [-0.25, -0.2) is 9.59 Å². The third kappa shape index (κ3) is 4.38. The predicted molar refractivity (Wildman–Crippen MR) is 122 cm³/mol. The number of nitrogens with zero attached hydrogens (tertiary/aromatic N) is 4. The number of benzene rings is 1. The molecule has 2 fully saturated rings. The standard InChI is InChI=1S/C24H36N4O3/c1-4-15-31-23(30)27-12-9-19(17-27)16-26-13-10-24(11-14-26)18-28(22(29)25(2)3)21-8-6-5-7-20(21)24/h5-8,19H,4,9-18H2,1-3H3/t19-/m1/s1. The fraction of sp³-hybridized carbons (Fsp3) is 0.667. The maximum Gasteiger partial charge on any atom is 0.409 e. The molecule has 1 spiro atoms. The first kappa shape index (κ1) is 21.9. The fourth-order valence-electron chi connectivity index (χ4n) is 5.43. The Labute approximate surface area is 185 Å². The number of fused-ring (bicyclic) bond motifs is 2. The number of hydrogen-bond donors (Lipinski definition) is 0. The van der Waals surface area contributed by atoms with Crippen LogP contribution in [0.5, 0.6) is 0 Å². The monoisotopic (exact) mass is 428 g/mol. The largest absolute Gasteiger partial charge is 0.449 e. The first-order valence-electron chi connectivity index (χ1n) is 11.7. The Hall–Kier alpha value is -2.28. The van der Waals surface area contributed by atoms with E-state index in [0.29, 0.717) is 12.5 Å². The zero-order valence-electron chi connectivity index (χ0n) is 19.2. The van der Waals surface area contributed by atoms with Crippen LogP contribution in [0.3, 0.4) is 0 Å². The number of anilines is 1. The zero-order valence-corrected chi connectivity index (χ0v) is 19.2. The van der Waals surface area contributed by atoms with Crippen LogP contribution in [-0.4, -0.2) is 86.8 Å². The molecule has 3 aliphatic heterocycles. The van der Waals surface area contributed by atoms with E-state index in [0.717, 1.165) is 70.6 Å². The van der Waals surface area contributed by atoms with Crippen molar-refractivity contribution in [3.63, 3.8) is 0 Å². The number of para-hydroxylation sites is 1. The van der Waals surface area contributed by atoms with E-state index in [-0.39, 0.29) is 17.5 Å². The summed E-state index contributed by atoms with van der Waals surface area (Å²) >= 11 is 0. The van der Waals surface area contributed by atoms with Gasteiger partial charge in [-0.15, -0.1) is 0 Å². The van der Waals surface area contributed by atoms with Gasteiger partial charge in [0.2, 0.25) is 0 Å². The van der Waals surface area contributed by atoms with E-state index in [1.807, 2.05) is 36.9 Å². The minimum atomic E-state index is -0.157. The minimum absolute atomic E-state index is 0.0600. The highest BCUT2D eigenvalue weighted by molar-refractivity contribution is 5.95. The third-order valence-electron chi connectivity index (χ3n) is 7.14. The molecule has 3 aliphatic rings. The van der Waals surface area contributed by atoms with Gasteiger partial charge in [0.15, 0.2) is 0 Å². The van der Waals surface area contributed by atoms with Crippen molar-refractivity contribution in [2.45, 2.75) is 38.0 Å². The van der Waals surface area contributed by atoms with Crippen LogP contribution in [0.25, 0.3) is 0 Å². The number of hydrogen-bond acceptors (Lipinski definition) is 4. The first-order chi connectivity index (χ1) is 14.9. The number of carbonyl (C=O) groups excluding carboxylic acids is 2. The Morgan fingerprint density at radius 1 is 1.16 bits per heavy atom. The van der Waals surface area contributed by atoms with E-state index in [9.17, 15) is 9.59 Å². The molecule has 7 nitrogen and oxygen atoms in total. The van der Waals surface area contributed by atoms with E-state index < -0.39 is 0 Å². The van der Waals surface area contributed by atoms with E-state index in [1.54, 1.807) is 4.90 Å². The Bertz CT molecular complexity index is 804. The summed E-state index contributed by atoms with van der Waals surface area (Å²) in [6.45, 7) is 8.01. The zero-order chi connectivity index (χ0) is 22.0. The number of rotatable bonds is 4. The van der Waals surface area contributed by atoms with Gasteiger partial charge in [0.05, 0.1) is 6.61 Å². The number of urea groups is 1. The Balaban J connectivity index is 1.35. The van der Waals surface area contributed by atoms with Crippen LogP contribution in [0.2, 0.25) is 0 Å². The molecule has 31 heavy (non-hydrogen) atoms. The molecule has 2 saturated heterocycles. The van der Waals surface area contributed by atoms with E-state index in [2.05, 4.69) is 23.1 Å². The van der Waals surface area contributed by atoms with Crippen molar-refractivity contribution in [2.24, 2.45) is 5.92 Å². The first-order valence-corrected chi connectivity index (χ1v) is 11.7. The average molecular weight is 429 g/mol. The molecule has 0 aliphatic carbocycles. The van der Waals surface area contributed by atoms with Gasteiger partial charge in [0.1, 0.15) is 0 Å². The van der Waals surface area contributed by atoms with Crippen molar-refractivity contribution < 1.29 is 14.3 Å². The van der Waals surface area contributed by atoms with Gasteiger partial charge in [-0.3, -0.25) is 4.90 Å². The highest BCUT2D eigenvalue weighted by Gasteiger charge is 2.46. The van der Waals surface area contributed by atoms with Crippen LogP contribution >= 0.6 is 0 Å². The highest BCUT2D eigenvalue weighted by Crippen LogP contribution is 2.47. The highest BCUT2D eigenvalue weighted by atomic mass is 16.6. The summed E-state index contributed by atoms with van der Waals surface area (Å²) < 4.78 is 5.29. The summed E-state index contributed by atoms with van der Waals surface area (Å²) in [7, 11) is 3.64. The summed E-state index contributed by atoms with van der Waals surface area (Å²) in [5.74, 6) is 0.519. The molecule has 3 amide bonds. The van der Waals surface area contributed by atoms with Gasteiger partial charge in [-0.1, -0.05) is 25.1 Å². The molecule has 4 rings (SSSR count). The van der Waals surface area contributed by atoms with Crippen molar-refractivity contribution in [3.8, 4) is 0 Å². The van der Waals surface area contributed by atoms with Crippen molar-refractivity contribution >= 4 is 17.8 Å². The van der Waals surface area contributed by atoms with Crippen molar-refractivity contribution in [1.82, 2.24) is 14.7 Å². The fourth-order valence-corrected chi connectivity index (χ4v) is 5.43. The van der Waals surface area contributed by atoms with Gasteiger partial charge < -0.3 is 19.4 Å². The van der Waals surface area contributed by atoms with Gasteiger partial charge in [0.25, 0.3) is 0 Å². The predicted octanol–water partition coefficient (Wildman–Crippen LogP) is 3.39. The second-order valence-corrected chi connectivity index (χ2v) is 9.58. The SMILES string of the molecule is CCCOC(=O)N1CC[C@H](CN2CCC3(CC2)CN(C(=O)N(C)C)c2ccccc23)C1. The second kappa shape index (κ2) is 9.07. The molecular weight excluding hydrogens is 392 g/mol. The van der Waals surface area contributed by atoms with Crippen LogP contribution in [0.1, 0.15) is 38.2 Å². The Morgan fingerprint density at radius 2 is 1.90 bits per heavy atom. The van der Waals surface area contributed by atoms with Crippen molar-refractivity contribution in [1.29, 1.82) is 0 Å². The van der Waals surface area contributed by atoms with Crippen LogP contribution in [0.15, 0.2) is 24.3 Å². The molecule has 0 bridgehead atoms. The van der Waals surface area contributed by atoms with Crippen LogP contribution in [-0.2, 0) is 10.2 Å². The number of carbonyl (C=O) groups is 2. The minimum Gasteiger partial charge on any atom is -0.449 e. The summed E-state index contributed by atoms with van der Waals surface area (Å²) in [4.78, 5) is 32.9. The Kier molecular flexibility index (Phi) is 6.42. The molecule has 0 aromatic heterocycles. The molecule has 0 unspecified atom stereocenters. The third-order valence-corrected chi connectivity index (χ3v) is 7.14. The van der Waals surface area contributed by atoms with E-state index in [1.165, 1.54) is 5.56 Å². The molecule has 0 saturated carbocycles. The molecule has 1 atom stereocenters. The number of likely N-dealkylation sites (tertiary alicyclic amines) is 2. The van der Waals surface area contributed by atoms with E-state index >= 15 is 0 Å². The maximum atomic E-state index is 12.8. The maximum absolute atomic E-state index is 12.8. The molecule has 0 radical (unpaired) electrons. The summed E-state index contributed by atoms with van der Waals surface area (Å²) in [5, 5.41) is 0. The molecular formula is C24H36N4O3. The van der Waals surface area contributed by atoms with Crippen LogP contribution < -0.4 is 4.90 Å². The average Bonchev–Trinajstić information content (AvgIpc) is 3.37. The van der Waals surface area contributed by atoms with Crippen molar-refractivity contribution in [2.75, 3.05) is 64.9 Å². The lowest BCUT2D eigenvalue weighted by Crippen LogP contribution is -2.48. The van der Waals surface area contributed by atoms with Gasteiger partial charge in [0, 0.05) is 51.4 Å². The van der Waals surface area contributed by atoms with Gasteiger partial charge in [-0.2, -0.15) is 0 Å². The lowest BCUT2D eigenvalue weighted by molar-refractivity contribution is 0.106. The normalized spacial score (nSPS) is 22.6. The lowest BCUT2D eigenvalue weighted by Gasteiger charge is -2.40. The summed E-state index contributed by atoms with van der Waals surface area (Å²) in [6.07, 6.45) is 3.89. The molecule has 0 N–H and O–H groups in total. The quantitative estimate of drug-likeness (QED) is 0.738. The smallest absolute Gasteiger partial charge is 0.409 e. The molecule has 1 aromatic rings. The van der Waals surface area contributed by atoms with E-state index in [4.69, 9.17) is 4.74 Å². The van der Waals surface area contributed by atoms with Gasteiger partial charge >= 0.3 is 12.1 Å². The molecule has 170 valence electrons. The summed E-state index contributed by atoms with van der Waals surface area (Å²) in [5.41, 5.74) is 2.46. The number of ether oxygens (including phenoxy) is 1. The molecule has 7 heteroatoms. The number of amides is 3. The lowest BCUT2D eigenvalue weighted by atomic mass is 9.74. The van der Waals surface area contributed by atoms with Crippen LogP contribution in [0, 0.1) is 5.92 Å². The molecule has 1 aromatic carbocycles. The van der Waals surface area contributed by atoms with Crippen molar-refractivity contribution in [3.05, 3.63) is 29.8 Å². The number of piperidine rings is 1. The Morgan fingerprint density at radius 3 is 2.61 bits per heavy atom. The topological polar surface area (TPSA) is 56.3 Å². The van der Waals surface area contributed by atoms with Gasteiger partial charge in [-0.05, 0) is 56.3 Å².